The standard InChI is InChI=1S/C13H17N3O3/c1-2-8-5-9(14-19-8)10-6-13(3-4-13)11-7-15(10)12(17)16(11)18/h5,10-11,18H,2-4,6-7H2,1H3. The maximum absolute atomic E-state index is 12.1. The van der Waals surface area contributed by atoms with E-state index in [0.717, 1.165) is 42.2 Å². The predicted molar refractivity (Wildman–Crippen MR) is 64.4 cm³/mol. The molecule has 1 aromatic heterocycles. The lowest BCUT2D eigenvalue weighted by Gasteiger charge is -2.35. The van der Waals surface area contributed by atoms with E-state index in [1.54, 1.807) is 4.90 Å². The normalized spacial score (nSPS) is 31.4. The number of aromatic nitrogens is 1. The van der Waals surface area contributed by atoms with Gasteiger partial charge in [-0.15, -0.1) is 0 Å². The monoisotopic (exact) mass is 263 g/mol. The van der Waals surface area contributed by atoms with Gasteiger partial charge in [0, 0.05) is 19.0 Å². The first kappa shape index (κ1) is 11.3. The SMILES string of the molecule is CCc1cc(C2CC3(CC3)C3CN2C(=O)N3O)no1. The van der Waals surface area contributed by atoms with Gasteiger partial charge >= 0.3 is 6.03 Å². The first-order valence-corrected chi connectivity index (χ1v) is 6.89. The first-order chi connectivity index (χ1) is 9.14. The zero-order chi connectivity index (χ0) is 13.2. The summed E-state index contributed by atoms with van der Waals surface area (Å²) in [5.74, 6) is 0.842. The van der Waals surface area contributed by atoms with Crippen LogP contribution in [0.25, 0.3) is 0 Å². The number of fused-ring (bicyclic) bond motifs is 3. The highest BCUT2D eigenvalue weighted by Gasteiger charge is 2.63. The van der Waals surface area contributed by atoms with E-state index in [2.05, 4.69) is 5.16 Å². The largest absolute Gasteiger partial charge is 0.361 e. The Balaban J connectivity index is 1.71. The number of amides is 2. The highest BCUT2D eigenvalue weighted by atomic mass is 16.5. The maximum atomic E-state index is 12.1. The molecular formula is C13H17N3O3. The summed E-state index contributed by atoms with van der Waals surface area (Å²) in [7, 11) is 0. The van der Waals surface area contributed by atoms with Gasteiger partial charge in [-0.25, -0.2) is 9.86 Å². The van der Waals surface area contributed by atoms with E-state index < -0.39 is 0 Å². The zero-order valence-corrected chi connectivity index (χ0v) is 10.9. The van der Waals surface area contributed by atoms with E-state index in [9.17, 15) is 10.0 Å². The molecule has 2 saturated heterocycles. The van der Waals surface area contributed by atoms with Crippen LogP contribution in [-0.4, -0.2) is 38.9 Å². The number of hydrogen-bond acceptors (Lipinski definition) is 4. The van der Waals surface area contributed by atoms with Crippen molar-refractivity contribution < 1.29 is 14.5 Å². The van der Waals surface area contributed by atoms with Crippen LogP contribution < -0.4 is 0 Å². The fraction of sp³-hybridized carbons (Fsp3) is 0.692. The number of hydrogen-bond donors (Lipinski definition) is 1. The third kappa shape index (κ3) is 1.40. The van der Waals surface area contributed by atoms with Gasteiger partial charge in [-0.05, 0) is 24.7 Å². The van der Waals surface area contributed by atoms with E-state index in [1.807, 2.05) is 13.0 Å². The molecule has 6 nitrogen and oxygen atoms in total. The number of carbonyl (C=O) groups is 1. The molecule has 3 fully saturated rings. The minimum atomic E-state index is -0.292. The predicted octanol–water partition coefficient (Wildman–Crippen LogP) is 1.96. The molecule has 1 spiro atoms. The molecule has 2 atom stereocenters. The Morgan fingerprint density at radius 2 is 2.37 bits per heavy atom. The van der Waals surface area contributed by atoms with Crippen molar-refractivity contribution in [1.82, 2.24) is 15.1 Å². The van der Waals surface area contributed by atoms with Crippen LogP contribution in [-0.2, 0) is 6.42 Å². The molecule has 3 heterocycles. The molecule has 0 radical (unpaired) electrons. The van der Waals surface area contributed by atoms with Crippen LogP contribution in [0.15, 0.2) is 10.6 Å². The van der Waals surface area contributed by atoms with Crippen molar-refractivity contribution in [3.05, 3.63) is 17.5 Å². The topological polar surface area (TPSA) is 69.8 Å². The molecule has 4 rings (SSSR count). The van der Waals surface area contributed by atoms with Crippen LogP contribution in [0.1, 0.15) is 43.7 Å². The molecule has 2 amide bonds. The lowest BCUT2D eigenvalue weighted by atomic mass is 9.84. The van der Waals surface area contributed by atoms with E-state index in [0.29, 0.717) is 6.54 Å². The second-order valence-corrected chi connectivity index (χ2v) is 5.95. The average Bonchev–Trinajstić information content (AvgIpc) is 2.94. The van der Waals surface area contributed by atoms with Crippen molar-refractivity contribution in [2.75, 3.05) is 6.54 Å². The van der Waals surface area contributed by atoms with Gasteiger partial charge in [-0.2, -0.15) is 0 Å². The van der Waals surface area contributed by atoms with Gasteiger partial charge in [0.1, 0.15) is 11.5 Å². The van der Waals surface area contributed by atoms with E-state index in [1.165, 1.54) is 0 Å². The summed E-state index contributed by atoms with van der Waals surface area (Å²) in [5, 5.41) is 15.0. The molecular weight excluding hydrogens is 246 g/mol. The van der Waals surface area contributed by atoms with Gasteiger partial charge in [0.2, 0.25) is 0 Å². The molecule has 1 N–H and O–H groups in total. The van der Waals surface area contributed by atoms with Crippen LogP contribution in [0.2, 0.25) is 0 Å². The second kappa shape index (κ2) is 3.50. The number of piperidine rings is 1. The Labute approximate surface area is 110 Å². The Morgan fingerprint density at radius 3 is 3.00 bits per heavy atom. The van der Waals surface area contributed by atoms with Gasteiger partial charge < -0.3 is 9.42 Å². The molecule has 2 unspecified atom stereocenters. The molecule has 0 aromatic carbocycles. The molecule has 1 aliphatic carbocycles. The van der Waals surface area contributed by atoms with Gasteiger partial charge in [0.05, 0.1) is 12.1 Å². The van der Waals surface area contributed by atoms with Crippen molar-refractivity contribution in [3.63, 3.8) is 0 Å². The number of urea groups is 1. The van der Waals surface area contributed by atoms with Gasteiger partial charge in [0.25, 0.3) is 0 Å². The van der Waals surface area contributed by atoms with Crippen molar-refractivity contribution in [2.24, 2.45) is 5.41 Å². The maximum Gasteiger partial charge on any atom is 0.344 e. The Bertz CT molecular complexity index is 537. The molecule has 6 heteroatoms. The van der Waals surface area contributed by atoms with Crippen molar-refractivity contribution in [3.8, 4) is 0 Å². The third-order valence-corrected chi connectivity index (χ3v) is 4.95. The summed E-state index contributed by atoms with van der Waals surface area (Å²) < 4.78 is 5.26. The lowest BCUT2D eigenvalue weighted by Crippen LogP contribution is -2.41. The Kier molecular flexibility index (Phi) is 2.08. The summed E-state index contributed by atoms with van der Waals surface area (Å²) in [4.78, 5) is 13.8. The smallest absolute Gasteiger partial charge is 0.344 e. The summed E-state index contributed by atoms with van der Waals surface area (Å²) in [5.41, 5.74) is 0.929. The van der Waals surface area contributed by atoms with Crippen molar-refractivity contribution in [1.29, 1.82) is 0 Å². The summed E-state index contributed by atoms with van der Waals surface area (Å²) >= 11 is 0. The van der Waals surface area contributed by atoms with Crippen LogP contribution in [0.3, 0.4) is 0 Å². The Hall–Kier alpha value is -1.56. The van der Waals surface area contributed by atoms with E-state index in [-0.39, 0.29) is 23.5 Å². The molecule has 19 heavy (non-hydrogen) atoms. The third-order valence-electron chi connectivity index (χ3n) is 4.95. The van der Waals surface area contributed by atoms with Gasteiger partial charge in [-0.1, -0.05) is 12.1 Å². The van der Waals surface area contributed by atoms with Crippen LogP contribution >= 0.6 is 0 Å². The average molecular weight is 263 g/mol. The van der Waals surface area contributed by atoms with Crippen LogP contribution in [0, 0.1) is 5.41 Å². The summed E-state index contributed by atoms with van der Waals surface area (Å²) in [6.45, 7) is 2.62. The zero-order valence-electron chi connectivity index (χ0n) is 10.9. The fourth-order valence-electron chi connectivity index (χ4n) is 3.57. The highest BCUT2D eigenvalue weighted by molar-refractivity contribution is 5.77. The Morgan fingerprint density at radius 1 is 1.58 bits per heavy atom. The lowest BCUT2D eigenvalue weighted by molar-refractivity contribution is -0.0782. The molecule has 102 valence electrons. The van der Waals surface area contributed by atoms with E-state index >= 15 is 0 Å². The number of rotatable bonds is 2. The van der Waals surface area contributed by atoms with Gasteiger partial charge in [0.15, 0.2) is 0 Å². The number of nitrogens with zero attached hydrogens (tertiary/aromatic N) is 3. The quantitative estimate of drug-likeness (QED) is 0.828. The highest BCUT2D eigenvalue weighted by Crippen LogP contribution is 2.61. The van der Waals surface area contributed by atoms with Gasteiger partial charge in [-0.3, -0.25) is 5.21 Å². The number of hydroxylamine groups is 2. The summed E-state index contributed by atoms with van der Waals surface area (Å²) in [6.07, 6.45) is 3.86. The van der Waals surface area contributed by atoms with E-state index in [4.69, 9.17) is 4.52 Å². The molecule has 2 aliphatic heterocycles. The second-order valence-electron chi connectivity index (χ2n) is 5.95. The molecule has 1 saturated carbocycles. The minimum absolute atomic E-state index is 0.0335. The molecule has 2 bridgehead atoms. The minimum Gasteiger partial charge on any atom is -0.361 e. The van der Waals surface area contributed by atoms with Crippen molar-refractivity contribution >= 4 is 6.03 Å². The van der Waals surface area contributed by atoms with Crippen molar-refractivity contribution in [2.45, 2.75) is 44.7 Å². The number of aryl methyl sites for hydroxylation is 1. The number of carbonyl (C=O) groups excluding carboxylic acids is 1. The fourth-order valence-corrected chi connectivity index (χ4v) is 3.57. The molecule has 1 aromatic rings. The summed E-state index contributed by atoms with van der Waals surface area (Å²) in [6, 6.07) is 1.56. The molecule has 3 aliphatic rings. The first-order valence-electron chi connectivity index (χ1n) is 6.89. The van der Waals surface area contributed by atoms with Crippen LogP contribution in [0.4, 0.5) is 4.79 Å². The van der Waals surface area contributed by atoms with Crippen LogP contribution in [0.5, 0.6) is 0 Å².